The fourth-order valence-electron chi connectivity index (χ4n) is 3.05. The monoisotopic (exact) mass is 404 g/mol. The highest BCUT2D eigenvalue weighted by molar-refractivity contribution is 7.89. The minimum Gasteiger partial charge on any atom is -0.385 e. The molecule has 3 rings (SSSR count). The number of hydrogen-bond donors (Lipinski definition) is 1. The van der Waals surface area contributed by atoms with Crippen molar-refractivity contribution >= 4 is 10.0 Å². The van der Waals surface area contributed by atoms with Crippen LogP contribution in [-0.2, 0) is 27.8 Å². The maximum absolute atomic E-state index is 12.9. The minimum absolute atomic E-state index is 0.0463. The van der Waals surface area contributed by atoms with E-state index in [0.29, 0.717) is 30.4 Å². The van der Waals surface area contributed by atoms with Gasteiger partial charge in [-0.3, -0.25) is 0 Å². The van der Waals surface area contributed by atoms with Gasteiger partial charge in [0.05, 0.1) is 23.6 Å². The highest BCUT2D eigenvalue weighted by Crippen LogP contribution is 2.22. The van der Waals surface area contributed by atoms with Crippen LogP contribution in [0.15, 0.2) is 41.6 Å². The molecule has 150 valence electrons. The van der Waals surface area contributed by atoms with Gasteiger partial charge >= 0.3 is 0 Å². The molecule has 0 radical (unpaired) electrons. The number of aryl methyl sites for hydroxylation is 2. The molecule has 2 aromatic heterocycles. The maximum atomic E-state index is 12.9. The molecule has 0 saturated carbocycles. The Morgan fingerprint density at radius 2 is 1.93 bits per heavy atom. The number of benzene rings is 1. The molecule has 0 saturated heterocycles. The Kier molecular flexibility index (Phi) is 6.22. The maximum Gasteiger partial charge on any atom is 0.244 e. The minimum atomic E-state index is -3.77. The van der Waals surface area contributed by atoms with E-state index in [1.807, 2.05) is 34.9 Å². The third-order valence-electron chi connectivity index (χ3n) is 4.36. The van der Waals surface area contributed by atoms with Gasteiger partial charge in [-0.05, 0) is 32.4 Å². The zero-order valence-corrected chi connectivity index (χ0v) is 17.0. The molecule has 0 bridgehead atoms. The van der Waals surface area contributed by atoms with Crippen LogP contribution in [0, 0.1) is 13.8 Å². The molecule has 0 unspecified atom stereocenters. The van der Waals surface area contributed by atoms with E-state index in [9.17, 15) is 8.42 Å². The van der Waals surface area contributed by atoms with Crippen molar-refractivity contribution < 1.29 is 13.2 Å². The van der Waals surface area contributed by atoms with E-state index in [-0.39, 0.29) is 11.4 Å². The number of methoxy groups -OCH3 is 1. The van der Waals surface area contributed by atoms with E-state index in [4.69, 9.17) is 4.74 Å². The number of nitrogens with one attached hydrogen (secondary N) is 1. The molecule has 1 aromatic carbocycles. The van der Waals surface area contributed by atoms with Crippen molar-refractivity contribution in [3.05, 3.63) is 53.9 Å². The lowest BCUT2D eigenvalue weighted by atomic mass is 10.3. The zero-order valence-electron chi connectivity index (χ0n) is 16.2. The van der Waals surface area contributed by atoms with Crippen molar-refractivity contribution in [1.29, 1.82) is 0 Å². The number of rotatable bonds is 9. The summed E-state index contributed by atoms with van der Waals surface area (Å²) in [6.07, 6.45) is 2.37. The average molecular weight is 404 g/mol. The second kappa shape index (κ2) is 8.63. The summed E-state index contributed by atoms with van der Waals surface area (Å²) >= 11 is 0. The average Bonchev–Trinajstić information content (AvgIpc) is 3.25. The van der Waals surface area contributed by atoms with Crippen LogP contribution in [0.1, 0.15) is 23.6 Å². The third-order valence-corrected chi connectivity index (χ3v) is 6.01. The molecule has 0 spiro atoms. The number of para-hydroxylation sites is 1. The predicted molar refractivity (Wildman–Crippen MR) is 104 cm³/mol. The number of ether oxygens (including phenoxy) is 1. The lowest BCUT2D eigenvalue weighted by Gasteiger charge is -2.09. The molecule has 0 fully saturated rings. The van der Waals surface area contributed by atoms with Crippen LogP contribution in [0.2, 0.25) is 0 Å². The van der Waals surface area contributed by atoms with E-state index in [1.54, 1.807) is 32.0 Å². The summed E-state index contributed by atoms with van der Waals surface area (Å²) in [5.41, 5.74) is 1.80. The van der Waals surface area contributed by atoms with Crippen molar-refractivity contribution in [2.45, 2.75) is 38.3 Å². The zero-order chi connectivity index (χ0) is 20.1. The topological polar surface area (TPSA) is 104 Å². The standard InChI is InChI=1S/C18H24N6O3S/c1-14-18(15(2)24(22-14)16-8-5-4-6-9-16)28(25,26)20-12-17-21-19-13-23(17)10-7-11-27-3/h4-6,8-9,13,20H,7,10-12H2,1-3H3. The summed E-state index contributed by atoms with van der Waals surface area (Å²) in [6.45, 7) is 4.75. The molecule has 10 heteroatoms. The van der Waals surface area contributed by atoms with E-state index >= 15 is 0 Å². The lowest BCUT2D eigenvalue weighted by molar-refractivity contribution is 0.190. The van der Waals surface area contributed by atoms with Crippen LogP contribution in [0.5, 0.6) is 0 Å². The Balaban J connectivity index is 1.79. The van der Waals surface area contributed by atoms with Gasteiger partial charge in [-0.2, -0.15) is 5.10 Å². The Labute approximate surface area is 164 Å². The first-order valence-electron chi connectivity index (χ1n) is 8.91. The number of sulfonamides is 1. The van der Waals surface area contributed by atoms with Gasteiger partial charge in [0.2, 0.25) is 10.0 Å². The Morgan fingerprint density at radius 1 is 1.18 bits per heavy atom. The predicted octanol–water partition coefficient (Wildman–Crippen LogP) is 1.60. The summed E-state index contributed by atoms with van der Waals surface area (Å²) < 4.78 is 37.0. The van der Waals surface area contributed by atoms with Crippen molar-refractivity contribution in [3.63, 3.8) is 0 Å². The SMILES string of the molecule is COCCCn1cnnc1CNS(=O)(=O)c1c(C)nn(-c2ccccc2)c1C. The first-order valence-corrected chi connectivity index (χ1v) is 10.4. The van der Waals surface area contributed by atoms with Gasteiger partial charge in [0, 0.05) is 20.3 Å². The van der Waals surface area contributed by atoms with E-state index in [2.05, 4.69) is 20.0 Å². The van der Waals surface area contributed by atoms with Crippen molar-refractivity contribution in [3.8, 4) is 5.69 Å². The van der Waals surface area contributed by atoms with Gasteiger partial charge in [-0.25, -0.2) is 17.8 Å². The molecule has 3 aromatic rings. The van der Waals surface area contributed by atoms with Gasteiger partial charge in [0.15, 0.2) is 0 Å². The van der Waals surface area contributed by atoms with Crippen LogP contribution in [0.3, 0.4) is 0 Å². The summed E-state index contributed by atoms with van der Waals surface area (Å²) in [7, 11) is -2.13. The second-order valence-electron chi connectivity index (χ2n) is 6.36. The number of hydrogen-bond acceptors (Lipinski definition) is 6. The second-order valence-corrected chi connectivity index (χ2v) is 8.06. The molecular formula is C18H24N6O3S. The van der Waals surface area contributed by atoms with Gasteiger partial charge in [-0.15, -0.1) is 10.2 Å². The van der Waals surface area contributed by atoms with E-state index in [0.717, 1.165) is 12.1 Å². The van der Waals surface area contributed by atoms with E-state index in [1.165, 1.54) is 0 Å². The van der Waals surface area contributed by atoms with Crippen LogP contribution >= 0.6 is 0 Å². The van der Waals surface area contributed by atoms with Gasteiger partial charge in [0.1, 0.15) is 17.0 Å². The Hall–Kier alpha value is -2.56. The molecular weight excluding hydrogens is 380 g/mol. The molecule has 28 heavy (non-hydrogen) atoms. The smallest absolute Gasteiger partial charge is 0.244 e. The highest BCUT2D eigenvalue weighted by Gasteiger charge is 2.25. The van der Waals surface area contributed by atoms with Crippen molar-refractivity contribution in [2.75, 3.05) is 13.7 Å². The molecule has 9 nitrogen and oxygen atoms in total. The lowest BCUT2D eigenvalue weighted by Crippen LogP contribution is -2.26. The molecule has 1 N–H and O–H groups in total. The summed E-state index contributed by atoms with van der Waals surface area (Å²) in [5.74, 6) is 0.547. The summed E-state index contributed by atoms with van der Waals surface area (Å²) in [6, 6.07) is 9.43. The Morgan fingerprint density at radius 3 is 2.64 bits per heavy atom. The van der Waals surface area contributed by atoms with Crippen molar-refractivity contribution in [1.82, 2.24) is 29.3 Å². The summed E-state index contributed by atoms with van der Waals surface area (Å²) in [5, 5.41) is 12.3. The van der Waals surface area contributed by atoms with Gasteiger partial charge in [-0.1, -0.05) is 18.2 Å². The first-order chi connectivity index (χ1) is 13.4. The molecule has 0 amide bonds. The number of nitrogens with zero attached hydrogens (tertiary/aromatic N) is 5. The van der Waals surface area contributed by atoms with Gasteiger partial charge in [0.25, 0.3) is 0 Å². The molecule has 0 aliphatic carbocycles. The van der Waals surface area contributed by atoms with Crippen molar-refractivity contribution in [2.24, 2.45) is 0 Å². The fraction of sp³-hybridized carbons (Fsp3) is 0.389. The quantitative estimate of drug-likeness (QED) is 0.543. The normalized spacial score (nSPS) is 11.8. The molecule has 0 aliphatic rings. The summed E-state index contributed by atoms with van der Waals surface area (Å²) in [4.78, 5) is 0.182. The molecule has 2 heterocycles. The van der Waals surface area contributed by atoms with Gasteiger partial charge < -0.3 is 9.30 Å². The third kappa shape index (κ3) is 4.29. The molecule has 0 atom stereocenters. The van der Waals surface area contributed by atoms with Crippen LogP contribution in [-0.4, -0.2) is 46.7 Å². The van der Waals surface area contributed by atoms with E-state index < -0.39 is 10.0 Å². The van der Waals surface area contributed by atoms with Crippen LogP contribution < -0.4 is 4.72 Å². The number of aromatic nitrogens is 5. The van der Waals surface area contributed by atoms with Crippen LogP contribution in [0.25, 0.3) is 5.69 Å². The first kappa shape index (κ1) is 20.2. The van der Waals surface area contributed by atoms with Crippen LogP contribution in [0.4, 0.5) is 0 Å². The highest BCUT2D eigenvalue weighted by atomic mass is 32.2. The fourth-order valence-corrected chi connectivity index (χ4v) is 4.42. The largest absolute Gasteiger partial charge is 0.385 e. The Bertz CT molecular complexity index is 1030. The molecule has 0 aliphatic heterocycles.